The van der Waals surface area contributed by atoms with Crippen molar-refractivity contribution < 1.29 is 4.79 Å². The summed E-state index contributed by atoms with van der Waals surface area (Å²) in [5.41, 5.74) is 1.03. The number of benzene rings is 1. The van der Waals surface area contributed by atoms with Gasteiger partial charge in [0, 0.05) is 25.7 Å². The molecule has 0 saturated heterocycles. The van der Waals surface area contributed by atoms with Gasteiger partial charge in [-0.05, 0) is 24.1 Å². The molecule has 0 saturated carbocycles. The summed E-state index contributed by atoms with van der Waals surface area (Å²) in [4.78, 5) is 17.7. The minimum absolute atomic E-state index is 0. The zero-order valence-electron chi connectivity index (χ0n) is 13.9. The number of rotatable bonds is 7. The normalized spacial score (nSPS) is 10.7. The summed E-state index contributed by atoms with van der Waals surface area (Å²) < 4.78 is 0. The average molecular weight is 453 g/mol. The molecule has 2 N–H and O–H groups in total. The summed E-state index contributed by atoms with van der Waals surface area (Å²) in [5, 5.41) is 6.99. The highest BCUT2D eigenvalue weighted by molar-refractivity contribution is 14.0. The quantitative estimate of drug-likeness (QED) is 0.289. The number of halogens is 2. The Morgan fingerprint density at radius 3 is 2.65 bits per heavy atom. The number of aliphatic imine (C=N–C) groups is 1. The molecule has 5 nitrogen and oxygen atoms in total. The number of hydrogen-bond donors (Lipinski definition) is 2. The summed E-state index contributed by atoms with van der Waals surface area (Å²) in [6.07, 6.45) is 2.16. The molecule has 0 unspecified atom stereocenters. The van der Waals surface area contributed by atoms with Gasteiger partial charge < -0.3 is 15.5 Å². The van der Waals surface area contributed by atoms with E-state index in [1.54, 1.807) is 19.0 Å². The molecule has 0 heterocycles. The van der Waals surface area contributed by atoms with Crippen LogP contribution in [0, 0.1) is 0 Å². The number of nitrogens with one attached hydrogen (secondary N) is 2. The second kappa shape index (κ2) is 12.4. The maximum absolute atomic E-state index is 11.7. The van der Waals surface area contributed by atoms with Crippen molar-refractivity contribution in [1.82, 2.24) is 15.5 Å². The molecule has 0 atom stereocenters. The third kappa shape index (κ3) is 9.65. The predicted molar refractivity (Wildman–Crippen MR) is 108 cm³/mol. The molecule has 0 bridgehead atoms. The molecule has 0 fully saturated rings. The number of unbranched alkanes of at least 4 members (excludes halogenated alkanes) is 1. The highest BCUT2D eigenvalue weighted by Gasteiger charge is 2.05. The van der Waals surface area contributed by atoms with Gasteiger partial charge in [0.1, 0.15) is 0 Å². The first kappa shape index (κ1) is 22.0. The van der Waals surface area contributed by atoms with Crippen LogP contribution < -0.4 is 10.6 Å². The second-order valence-electron chi connectivity index (χ2n) is 5.22. The monoisotopic (exact) mass is 452 g/mol. The number of carbonyl (C=O) groups excluding carboxylic acids is 1. The van der Waals surface area contributed by atoms with Crippen molar-refractivity contribution in [3.63, 3.8) is 0 Å². The SMILES string of the molecule is CCCCNC(=NCc1cccc(Cl)c1)NCC(=O)N(C)C.I. The maximum atomic E-state index is 11.7. The lowest BCUT2D eigenvalue weighted by Crippen LogP contribution is -2.43. The van der Waals surface area contributed by atoms with Crippen molar-refractivity contribution in [2.75, 3.05) is 27.2 Å². The average Bonchev–Trinajstić information content (AvgIpc) is 2.49. The first-order valence-corrected chi connectivity index (χ1v) is 7.87. The second-order valence-corrected chi connectivity index (χ2v) is 5.65. The first-order valence-electron chi connectivity index (χ1n) is 7.49. The minimum Gasteiger partial charge on any atom is -0.356 e. The van der Waals surface area contributed by atoms with Crippen LogP contribution in [-0.4, -0.2) is 44.0 Å². The molecule has 0 radical (unpaired) electrons. The van der Waals surface area contributed by atoms with Crippen LogP contribution in [-0.2, 0) is 11.3 Å². The Balaban J connectivity index is 0.00000484. The van der Waals surface area contributed by atoms with Crippen molar-refractivity contribution in [2.45, 2.75) is 26.3 Å². The summed E-state index contributed by atoms with van der Waals surface area (Å²) in [5.74, 6) is 0.649. The number of carbonyl (C=O) groups is 1. The summed E-state index contributed by atoms with van der Waals surface area (Å²) in [6, 6.07) is 7.60. The van der Waals surface area contributed by atoms with Gasteiger partial charge in [0.05, 0.1) is 13.1 Å². The van der Waals surface area contributed by atoms with E-state index in [0.717, 1.165) is 24.9 Å². The Kier molecular flexibility index (Phi) is 11.9. The predicted octanol–water partition coefficient (Wildman–Crippen LogP) is 2.88. The van der Waals surface area contributed by atoms with Crippen LogP contribution in [0.2, 0.25) is 5.02 Å². The van der Waals surface area contributed by atoms with Crippen molar-refractivity contribution in [1.29, 1.82) is 0 Å². The van der Waals surface area contributed by atoms with Gasteiger partial charge in [0.25, 0.3) is 0 Å². The molecule has 130 valence electrons. The molecular formula is C16H26ClIN4O. The zero-order valence-corrected chi connectivity index (χ0v) is 17.0. The molecular weight excluding hydrogens is 427 g/mol. The van der Waals surface area contributed by atoms with Gasteiger partial charge in [0.2, 0.25) is 5.91 Å². The van der Waals surface area contributed by atoms with Crippen molar-refractivity contribution in [3.8, 4) is 0 Å². The summed E-state index contributed by atoms with van der Waals surface area (Å²) in [7, 11) is 3.47. The Hall–Kier alpha value is -1.02. The fraction of sp³-hybridized carbons (Fsp3) is 0.500. The highest BCUT2D eigenvalue weighted by atomic mass is 127. The summed E-state index contributed by atoms with van der Waals surface area (Å²) >= 11 is 5.97. The maximum Gasteiger partial charge on any atom is 0.241 e. The first-order chi connectivity index (χ1) is 10.5. The molecule has 0 aromatic heterocycles. The van der Waals surface area contributed by atoms with Crippen molar-refractivity contribution in [2.24, 2.45) is 4.99 Å². The van der Waals surface area contributed by atoms with E-state index in [9.17, 15) is 4.79 Å². The largest absolute Gasteiger partial charge is 0.356 e. The molecule has 1 aromatic rings. The minimum atomic E-state index is 0. The number of likely N-dealkylation sites (N-methyl/N-ethyl adjacent to an activating group) is 1. The zero-order chi connectivity index (χ0) is 16.4. The number of hydrogen-bond acceptors (Lipinski definition) is 2. The van der Waals surface area contributed by atoms with Crippen LogP contribution in [0.25, 0.3) is 0 Å². The van der Waals surface area contributed by atoms with Crippen molar-refractivity contribution >= 4 is 47.4 Å². The van der Waals surface area contributed by atoms with E-state index in [4.69, 9.17) is 11.6 Å². The Morgan fingerprint density at radius 1 is 1.30 bits per heavy atom. The van der Waals surface area contributed by atoms with E-state index in [1.807, 2.05) is 24.3 Å². The molecule has 0 aliphatic rings. The molecule has 0 aliphatic carbocycles. The number of guanidine groups is 1. The Morgan fingerprint density at radius 2 is 2.04 bits per heavy atom. The third-order valence-corrected chi connectivity index (χ3v) is 3.27. The van der Waals surface area contributed by atoms with Crippen LogP contribution in [0.4, 0.5) is 0 Å². The van der Waals surface area contributed by atoms with Crippen LogP contribution in [0.15, 0.2) is 29.3 Å². The third-order valence-electron chi connectivity index (χ3n) is 3.04. The molecule has 7 heteroatoms. The Labute approximate surface area is 160 Å². The van der Waals surface area contributed by atoms with E-state index in [2.05, 4.69) is 22.5 Å². The molecule has 0 aliphatic heterocycles. The van der Waals surface area contributed by atoms with Gasteiger partial charge in [0.15, 0.2) is 5.96 Å². The highest BCUT2D eigenvalue weighted by Crippen LogP contribution is 2.11. The van der Waals surface area contributed by atoms with E-state index >= 15 is 0 Å². The van der Waals surface area contributed by atoms with E-state index in [-0.39, 0.29) is 36.4 Å². The molecule has 1 aromatic carbocycles. The lowest BCUT2D eigenvalue weighted by molar-refractivity contribution is -0.127. The van der Waals surface area contributed by atoms with Crippen molar-refractivity contribution in [3.05, 3.63) is 34.9 Å². The molecule has 1 amide bonds. The lowest BCUT2D eigenvalue weighted by Gasteiger charge is -2.14. The van der Waals surface area contributed by atoms with Gasteiger partial charge >= 0.3 is 0 Å². The smallest absolute Gasteiger partial charge is 0.241 e. The fourth-order valence-corrected chi connectivity index (χ4v) is 1.89. The van der Waals surface area contributed by atoms with E-state index < -0.39 is 0 Å². The van der Waals surface area contributed by atoms with Gasteiger partial charge in [-0.1, -0.05) is 37.1 Å². The molecule has 0 spiro atoms. The fourth-order valence-electron chi connectivity index (χ4n) is 1.68. The number of amides is 1. The van der Waals surface area contributed by atoms with Gasteiger partial charge in [-0.25, -0.2) is 4.99 Å². The van der Waals surface area contributed by atoms with E-state index in [0.29, 0.717) is 17.5 Å². The van der Waals surface area contributed by atoms with Crippen LogP contribution in [0.1, 0.15) is 25.3 Å². The number of nitrogens with zero attached hydrogens (tertiary/aromatic N) is 2. The van der Waals surface area contributed by atoms with Gasteiger partial charge in [-0.2, -0.15) is 0 Å². The van der Waals surface area contributed by atoms with Crippen LogP contribution in [0.3, 0.4) is 0 Å². The topological polar surface area (TPSA) is 56.7 Å². The molecule has 1 rings (SSSR count). The summed E-state index contributed by atoms with van der Waals surface area (Å²) in [6.45, 7) is 3.69. The van der Waals surface area contributed by atoms with Crippen LogP contribution >= 0.6 is 35.6 Å². The standard InChI is InChI=1S/C16H25ClN4O.HI/c1-4-5-9-18-16(20-12-15(22)21(2)3)19-11-13-7-6-8-14(17)10-13;/h6-8,10H,4-5,9,11-12H2,1-3H3,(H2,18,19,20);1H. The van der Waals surface area contributed by atoms with Gasteiger partial charge in [-0.15, -0.1) is 24.0 Å². The van der Waals surface area contributed by atoms with Crippen LogP contribution in [0.5, 0.6) is 0 Å². The lowest BCUT2D eigenvalue weighted by atomic mass is 10.2. The van der Waals surface area contributed by atoms with Gasteiger partial charge in [-0.3, -0.25) is 4.79 Å². The Bertz CT molecular complexity index is 509. The van der Waals surface area contributed by atoms with E-state index in [1.165, 1.54) is 0 Å². The molecule has 23 heavy (non-hydrogen) atoms.